The second kappa shape index (κ2) is 6.91. The Morgan fingerprint density at radius 1 is 1.17 bits per heavy atom. The molecule has 3 rings (SSSR count). The predicted octanol–water partition coefficient (Wildman–Crippen LogP) is 3.09. The molecule has 1 unspecified atom stereocenters. The van der Waals surface area contributed by atoms with Crippen LogP contribution in [0, 0.1) is 0 Å². The standard InChI is InChI=1S/C17H16BrN3O2/c18-13-8-6-12(7-9-13)17(23)21-11-3-4-14(21)16(22)20-15-5-1-2-10-19-15/h1-2,5-10,14H,3-4,11H2,(H,19,20,22). The van der Waals surface area contributed by atoms with Gasteiger partial charge in [0.05, 0.1) is 0 Å². The first-order chi connectivity index (χ1) is 11.1. The van der Waals surface area contributed by atoms with Gasteiger partial charge in [-0.05, 0) is 49.2 Å². The molecule has 1 N–H and O–H groups in total. The first kappa shape index (κ1) is 15.7. The minimum atomic E-state index is -0.451. The second-order valence-corrected chi connectivity index (χ2v) is 6.28. The minimum absolute atomic E-state index is 0.115. The molecule has 1 aromatic heterocycles. The third-order valence-electron chi connectivity index (χ3n) is 3.82. The van der Waals surface area contributed by atoms with E-state index in [1.165, 1.54) is 0 Å². The maximum absolute atomic E-state index is 12.6. The lowest BCUT2D eigenvalue weighted by Gasteiger charge is -2.24. The van der Waals surface area contributed by atoms with Crippen molar-refractivity contribution in [3.05, 3.63) is 58.7 Å². The van der Waals surface area contributed by atoms with Crippen molar-refractivity contribution >= 4 is 33.6 Å². The van der Waals surface area contributed by atoms with E-state index in [-0.39, 0.29) is 11.8 Å². The highest BCUT2D eigenvalue weighted by Crippen LogP contribution is 2.22. The van der Waals surface area contributed by atoms with Crippen LogP contribution in [0.3, 0.4) is 0 Å². The molecule has 2 aromatic rings. The molecule has 5 nitrogen and oxygen atoms in total. The average Bonchev–Trinajstić information content (AvgIpc) is 3.05. The summed E-state index contributed by atoms with van der Waals surface area (Å²) in [7, 11) is 0. The Balaban J connectivity index is 1.73. The van der Waals surface area contributed by atoms with Crippen LogP contribution in [0.1, 0.15) is 23.2 Å². The summed E-state index contributed by atoms with van der Waals surface area (Å²) in [4.78, 5) is 30.8. The number of amides is 2. The Morgan fingerprint density at radius 2 is 1.96 bits per heavy atom. The fraction of sp³-hybridized carbons (Fsp3) is 0.235. The summed E-state index contributed by atoms with van der Waals surface area (Å²) in [5.74, 6) is 0.197. The number of anilines is 1. The van der Waals surface area contributed by atoms with Gasteiger partial charge in [0, 0.05) is 22.8 Å². The van der Waals surface area contributed by atoms with E-state index < -0.39 is 6.04 Å². The van der Waals surface area contributed by atoms with E-state index in [2.05, 4.69) is 26.2 Å². The fourth-order valence-electron chi connectivity index (χ4n) is 2.69. The number of halogens is 1. The van der Waals surface area contributed by atoms with E-state index >= 15 is 0 Å². The van der Waals surface area contributed by atoms with Crippen LogP contribution in [0.5, 0.6) is 0 Å². The molecule has 118 valence electrons. The molecule has 1 aromatic carbocycles. The molecule has 0 bridgehead atoms. The van der Waals surface area contributed by atoms with Crippen molar-refractivity contribution in [2.24, 2.45) is 0 Å². The maximum Gasteiger partial charge on any atom is 0.254 e. The minimum Gasteiger partial charge on any atom is -0.327 e. The molecule has 0 saturated carbocycles. The van der Waals surface area contributed by atoms with Crippen molar-refractivity contribution in [1.82, 2.24) is 9.88 Å². The van der Waals surface area contributed by atoms with Crippen LogP contribution in [0.15, 0.2) is 53.1 Å². The van der Waals surface area contributed by atoms with E-state index in [1.807, 2.05) is 18.2 Å². The summed E-state index contributed by atoms with van der Waals surface area (Å²) in [6.07, 6.45) is 3.11. The number of pyridine rings is 1. The zero-order chi connectivity index (χ0) is 16.2. The first-order valence-electron chi connectivity index (χ1n) is 7.43. The summed E-state index contributed by atoms with van der Waals surface area (Å²) >= 11 is 3.35. The van der Waals surface area contributed by atoms with Crippen molar-refractivity contribution < 1.29 is 9.59 Å². The highest BCUT2D eigenvalue weighted by molar-refractivity contribution is 9.10. The fourth-order valence-corrected chi connectivity index (χ4v) is 2.95. The van der Waals surface area contributed by atoms with Crippen LogP contribution in [0.4, 0.5) is 5.82 Å². The van der Waals surface area contributed by atoms with Crippen LogP contribution in [-0.2, 0) is 4.79 Å². The van der Waals surface area contributed by atoms with Gasteiger partial charge < -0.3 is 10.2 Å². The lowest BCUT2D eigenvalue weighted by atomic mass is 10.1. The summed E-state index contributed by atoms with van der Waals surface area (Å²) < 4.78 is 0.917. The lowest BCUT2D eigenvalue weighted by Crippen LogP contribution is -2.43. The Bertz CT molecular complexity index is 704. The number of carbonyl (C=O) groups is 2. The van der Waals surface area contributed by atoms with E-state index in [4.69, 9.17) is 0 Å². The number of hydrogen-bond donors (Lipinski definition) is 1. The van der Waals surface area contributed by atoms with Gasteiger partial charge >= 0.3 is 0 Å². The molecular weight excluding hydrogens is 358 g/mol. The quantitative estimate of drug-likeness (QED) is 0.898. The van der Waals surface area contributed by atoms with Crippen molar-refractivity contribution in [3.8, 4) is 0 Å². The van der Waals surface area contributed by atoms with Crippen LogP contribution in [-0.4, -0.2) is 34.3 Å². The summed E-state index contributed by atoms with van der Waals surface area (Å²) in [5, 5.41) is 2.78. The molecule has 1 fully saturated rings. The van der Waals surface area contributed by atoms with Gasteiger partial charge in [-0.15, -0.1) is 0 Å². The lowest BCUT2D eigenvalue weighted by molar-refractivity contribution is -0.119. The van der Waals surface area contributed by atoms with Crippen LogP contribution >= 0.6 is 15.9 Å². The Labute approximate surface area is 142 Å². The first-order valence-corrected chi connectivity index (χ1v) is 8.23. The maximum atomic E-state index is 12.6. The number of likely N-dealkylation sites (tertiary alicyclic amines) is 1. The van der Waals surface area contributed by atoms with Gasteiger partial charge in [-0.2, -0.15) is 0 Å². The third-order valence-corrected chi connectivity index (χ3v) is 4.35. The summed E-state index contributed by atoms with van der Waals surface area (Å²) in [6, 6.07) is 12.0. The molecule has 1 saturated heterocycles. The molecule has 0 aliphatic carbocycles. The molecular formula is C17H16BrN3O2. The number of aromatic nitrogens is 1. The number of carbonyl (C=O) groups excluding carboxylic acids is 2. The predicted molar refractivity (Wildman–Crippen MR) is 91.1 cm³/mol. The Morgan fingerprint density at radius 3 is 2.65 bits per heavy atom. The van der Waals surface area contributed by atoms with Crippen molar-refractivity contribution in [1.29, 1.82) is 0 Å². The SMILES string of the molecule is O=C(Nc1ccccn1)C1CCCN1C(=O)c1ccc(Br)cc1. The zero-order valence-corrected chi connectivity index (χ0v) is 14.0. The average molecular weight is 374 g/mol. The van der Waals surface area contributed by atoms with Crippen molar-refractivity contribution in [2.45, 2.75) is 18.9 Å². The largest absolute Gasteiger partial charge is 0.327 e. The highest BCUT2D eigenvalue weighted by atomic mass is 79.9. The number of hydrogen-bond acceptors (Lipinski definition) is 3. The van der Waals surface area contributed by atoms with E-state index in [9.17, 15) is 9.59 Å². The second-order valence-electron chi connectivity index (χ2n) is 5.37. The monoisotopic (exact) mass is 373 g/mol. The number of benzene rings is 1. The molecule has 0 spiro atoms. The van der Waals surface area contributed by atoms with Gasteiger partial charge in [0.2, 0.25) is 5.91 Å². The molecule has 23 heavy (non-hydrogen) atoms. The van der Waals surface area contributed by atoms with Gasteiger partial charge in [0.15, 0.2) is 0 Å². The van der Waals surface area contributed by atoms with Gasteiger partial charge in [-0.1, -0.05) is 22.0 Å². The van der Waals surface area contributed by atoms with E-state index in [0.29, 0.717) is 24.3 Å². The molecule has 6 heteroatoms. The number of rotatable bonds is 3. The highest BCUT2D eigenvalue weighted by Gasteiger charge is 2.34. The molecule has 2 heterocycles. The zero-order valence-electron chi connectivity index (χ0n) is 12.4. The number of nitrogens with zero attached hydrogens (tertiary/aromatic N) is 2. The molecule has 1 atom stereocenters. The van der Waals surface area contributed by atoms with Crippen LogP contribution in [0.25, 0.3) is 0 Å². The molecule has 1 aliphatic rings. The Kier molecular flexibility index (Phi) is 4.71. The Hall–Kier alpha value is -2.21. The number of nitrogens with one attached hydrogen (secondary N) is 1. The normalized spacial score (nSPS) is 17.1. The van der Waals surface area contributed by atoms with E-state index in [1.54, 1.807) is 35.4 Å². The van der Waals surface area contributed by atoms with E-state index in [0.717, 1.165) is 10.9 Å². The van der Waals surface area contributed by atoms with Crippen molar-refractivity contribution in [2.75, 3.05) is 11.9 Å². The van der Waals surface area contributed by atoms with Gasteiger partial charge in [0.25, 0.3) is 5.91 Å². The summed E-state index contributed by atoms with van der Waals surface area (Å²) in [6.45, 7) is 0.592. The van der Waals surface area contributed by atoms with Gasteiger partial charge in [0.1, 0.15) is 11.9 Å². The van der Waals surface area contributed by atoms with Gasteiger partial charge in [-0.3, -0.25) is 9.59 Å². The van der Waals surface area contributed by atoms with Crippen LogP contribution < -0.4 is 5.32 Å². The molecule has 1 aliphatic heterocycles. The van der Waals surface area contributed by atoms with Gasteiger partial charge in [-0.25, -0.2) is 4.98 Å². The topological polar surface area (TPSA) is 62.3 Å². The molecule has 2 amide bonds. The third kappa shape index (κ3) is 3.59. The van der Waals surface area contributed by atoms with Crippen LogP contribution in [0.2, 0.25) is 0 Å². The van der Waals surface area contributed by atoms with Crippen molar-refractivity contribution in [3.63, 3.8) is 0 Å². The summed E-state index contributed by atoms with van der Waals surface area (Å²) in [5.41, 5.74) is 0.589. The molecule has 0 radical (unpaired) electrons. The smallest absolute Gasteiger partial charge is 0.254 e.